The Bertz CT molecular complexity index is 619. The van der Waals surface area contributed by atoms with Crippen molar-refractivity contribution in [3.8, 4) is 0 Å². The summed E-state index contributed by atoms with van der Waals surface area (Å²) in [4.78, 5) is 11.8. The second-order valence-electron chi connectivity index (χ2n) is 4.18. The van der Waals surface area contributed by atoms with Crippen molar-refractivity contribution in [2.45, 2.75) is 0 Å². The van der Waals surface area contributed by atoms with Gasteiger partial charge < -0.3 is 9.47 Å². The molecule has 1 aromatic rings. The van der Waals surface area contributed by atoms with Crippen LogP contribution in [0, 0.1) is 0 Å². The van der Waals surface area contributed by atoms with E-state index in [2.05, 4.69) is 0 Å². The van der Waals surface area contributed by atoms with Gasteiger partial charge in [-0.05, 0) is 11.6 Å². The Kier molecular flexibility index (Phi) is 3.02. The molecule has 0 bridgehead atoms. The molecule has 94 valence electrons. The highest BCUT2D eigenvalue weighted by molar-refractivity contribution is 6.08. The second-order valence-corrected chi connectivity index (χ2v) is 4.18. The van der Waals surface area contributed by atoms with Crippen LogP contribution in [0.2, 0.25) is 0 Å². The van der Waals surface area contributed by atoms with Crippen molar-refractivity contribution in [3.63, 3.8) is 0 Å². The van der Waals surface area contributed by atoms with Gasteiger partial charge in [-0.25, -0.2) is 0 Å². The normalized spacial score (nSPS) is 19.8. The van der Waals surface area contributed by atoms with E-state index >= 15 is 0 Å². The van der Waals surface area contributed by atoms with Crippen molar-refractivity contribution < 1.29 is 14.3 Å². The van der Waals surface area contributed by atoms with Crippen molar-refractivity contribution in [3.05, 3.63) is 77.3 Å². The summed E-state index contributed by atoms with van der Waals surface area (Å²) >= 11 is 0. The number of allylic oxidation sites excluding steroid dienone is 5. The first-order valence-electron chi connectivity index (χ1n) is 6.00. The van der Waals surface area contributed by atoms with E-state index in [0.29, 0.717) is 17.1 Å². The predicted octanol–water partition coefficient (Wildman–Crippen LogP) is 2.98. The van der Waals surface area contributed by atoms with Crippen LogP contribution in [0.1, 0.15) is 5.56 Å². The molecule has 0 unspecified atom stereocenters. The van der Waals surface area contributed by atoms with Crippen molar-refractivity contribution in [1.29, 1.82) is 0 Å². The Morgan fingerprint density at radius 1 is 1.00 bits per heavy atom. The molecule has 1 aliphatic carbocycles. The van der Waals surface area contributed by atoms with Crippen LogP contribution < -0.4 is 0 Å². The van der Waals surface area contributed by atoms with Gasteiger partial charge in [0.2, 0.25) is 6.79 Å². The van der Waals surface area contributed by atoms with Gasteiger partial charge in [-0.2, -0.15) is 0 Å². The minimum atomic E-state index is -0.0676. The van der Waals surface area contributed by atoms with E-state index in [1.54, 1.807) is 12.2 Å². The van der Waals surface area contributed by atoms with Gasteiger partial charge in [-0.15, -0.1) is 0 Å². The van der Waals surface area contributed by atoms with Gasteiger partial charge in [0, 0.05) is 11.6 Å². The third kappa shape index (κ3) is 2.50. The van der Waals surface area contributed by atoms with E-state index in [-0.39, 0.29) is 12.6 Å². The highest BCUT2D eigenvalue weighted by Crippen LogP contribution is 2.27. The van der Waals surface area contributed by atoms with Crippen LogP contribution in [0.25, 0.3) is 6.08 Å². The first kappa shape index (κ1) is 11.5. The van der Waals surface area contributed by atoms with Gasteiger partial charge in [0.05, 0.1) is 0 Å². The van der Waals surface area contributed by atoms with Crippen LogP contribution in [0.3, 0.4) is 0 Å². The monoisotopic (exact) mass is 252 g/mol. The third-order valence-corrected chi connectivity index (χ3v) is 2.87. The lowest BCUT2D eigenvalue weighted by Gasteiger charge is -2.05. The summed E-state index contributed by atoms with van der Waals surface area (Å²) in [6.45, 7) is 0.179. The molecule has 0 N–H and O–H groups in total. The number of hydrogen-bond donors (Lipinski definition) is 0. The van der Waals surface area contributed by atoms with Crippen molar-refractivity contribution in [2.24, 2.45) is 0 Å². The van der Waals surface area contributed by atoms with Crippen LogP contribution in [0.15, 0.2) is 71.7 Å². The average molecular weight is 252 g/mol. The largest absolute Gasteiger partial charge is 0.454 e. The first-order chi connectivity index (χ1) is 9.33. The quantitative estimate of drug-likeness (QED) is 0.759. The van der Waals surface area contributed by atoms with E-state index in [1.165, 1.54) is 6.08 Å². The van der Waals surface area contributed by atoms with Gasteiger partial charge in [0.25, 0.3) is 0 Å². The maximum atomic E-state index is 11.8. The molecule has 0 aromatic heterocycles. The van der Waals surface area contributed by atoms with Crippen molar-refractivity contribution >= 4 is 11.9 Å². The van der Waals surface area contributed by atoms with E-state index in [4.69, 9.17) is 9.47 Å². The van der Waals surface area contributed by atoms with Crippen LogP contribution >= 0.6 is 0 Å². The zero-order chi connectivity index (χ0) is 13.1. The lowest BCUT2D eigenvalue weighted by molar-refractivity contribution is -0.111. The number of benzene rings is 1. The summed E-state index contributed by atoms with van der Waals surface area (Å²) < 4.78 is 10.4. The lowest BCUT2D eigenvalue weighted by Crippen LogP contribution is -2.04. The summed E-state index contributed by atoms with van der Waals surface area (Å²) in [7, 11) is 0. The van der Waals surface area contributed by atoms with Gasteiger partial charge in [0.15, 0.2) is 17.3 Å². The molecule has 0 amide bonds. The summed E-state index contributed by atoms with van der Waals surface area (Å²) in [6.07, 6.45) is 8.75. The molecule has 1 aliphatic heterocycles. The Balaban J connectivity index is 1.80. The zero-order valence-corrected chi connectivity index (χ0v) is 10.2. The fraction of sp³-hybridized carbons (Fsp3) is 0.0625. The number of fused-ring (bicyclic) bond motifs is 1. The molecule has 0 radical (unpaired) electrons. The first-order valence-corrected chi connectivity index (χ1v) is 6.00. The molecular weight excluding hydrogens is 240 g/mol. The average Bonchev–Trinajstić information content (AvgIpc) is 2.87. The lowest BCUT2D eigenvalue weighted by atomic mass is 10.0. The maximum absolute atomic E-state index is 11.8. The molecule has 1 heterocycles. The third-order valence-electron chi connectivity index (χ3n) is 2.87. The molecule has 1 fully saturated rings. The number of carbonyl (C=O) groups is 1. The predicted molar refractivity (Wildman–Crippen MR) is 71.8 cm³/mol. The molecule has 0 atom stereocenters. The van der Waals surface area contributed by atoms with E-state index < -0.39 is 0 Å². The van der Waals surface area contributed by atoms with Crippen molar-refractivity contribution in [1.82, 2.24) is 0 Å². The number of carbonyl (C=O) groups excluding carboxylic acids is 1. The van der Waals surface area contributed by atoms with E-state index in [0.717, 1.165) is 5.56 Å². The van der Waals surface area contributed by atoms with Crippen molar-refractivity contribution in [2.75, 3.05) is 6.79 Å². The highest BCUT2D eigenvalue weighted by atomic mass is 16.7. The minimum Gasteiger partial charge on any atom is -0.454 e. The summed E-state index contributed by atoms with van der Waals surface area (Å²) in [5, 5.41) is 0. The molecule has 3 heteroatoms. The maximum Gasteiger partial charge on any atom is 0.231 e. The van der Waals surface area contributed by atoms with Crippen LogP contribution in [0.5, 0.6) is 0 Å². The fourth-order valence-corrected chi connectivity index (χ4v) is 1.90. The second kappa shape index (κ2) is 4.98. The molecule has 1 aromatic carbocycles. The van der Waals surface area contributed by atoms with E-state index in [1.807, 2.05) is 42.5 Å². The van der Waals surface area contributed by atoms with Gasteiger partial charge in [-0.3, -0.25) is 4.79 Å². The summed E-state index contributed by atoms with van der Waals surface area (Å²) in [6, 6.07) is 9.91. The number of hydrogen-bond acceptors (Lipinski definition) is 3. The zero-order valence-electron chi connectivity index (χ0n) is 10.2. The van der Waals surface area contributed by atoms with Crippen LogP contribution in [-0.4, -0.2) is 12.6 Å². The molecule has 0 saturated carbocycles. The molecule has 0 spiro atoms. The number of ketones is 1. The SMILES string of the molecule is O=C1C=C2OCOC2=C/C1=C/C=C\c1ccccc1. The number of ether oxygens (including phenoxy) is 2. The van der Waals surface area contributed by atoms with Gasteiger partial charge in [0.1, 0.15) is 0 Å². The molecular formula is C16H12O3. The molecule has 3 rings (SSSR count). The van der Waals surface area contributed by atoms with E-state index in [9.17, 15) is 4.79 Å². The van der Waals surface area contributed by atoms with Gasteiger partial charge >= 0.3 is 0 Å². The number of rotatable bonds is 2. The summed E-state index contributed by atoms with van der Waals surface area (Å²) in [5.74, 6) is 1.08. The standard InChI is InChI=1S/C16H12O3/c17-14-10-16-15(18-11-19-16)9-13(14)8-4-7-12-5-2-1-3-6-12/h1-10H,11H2/b7-4-,13-8-. The summed E-state index contributed by atoms with van der Waals surface area (Å²) in [5.41, 5.74) is 1.68. The fourth-order valence-electron chi connectivity index (χ4n) is 1.90. The molecule has 3 nitrogen and oxygen atoms in total. The molecule has 2 aliphatic rings. The topological polar surface area (TPSA) is 35.5 Å². The molecule has 1 saturated heterocycles. The smallest absolute Gasteiger partial charge is 0.231 e. The highest BCUT2D eigenvalue weighted by Gasteiger charge is 2.24. The Morgan fingerprint density at radius 2 is 1.74 bits per heavy atom. The Labute approximate surface area is 111 Å². The Hall–Kier alpha value is -2.55. The van der Waals surface area contributed by atoms with Crippen LogP contribution in [-0.2, 0) is 14.3 Å². The van der Waals surface area contributed by atoms with Gasteiger partial charge in [-0.1, -0.05) is 48.6 Å². The van der Waals surface area contributed by atoms with Crippen LogP contribution in [0.4, 0.5) is 0 Å². The Morgan fingerprint density at radius 3 is 2.53 bits per heavy atom. The molecule has 19 heavy (non-hydrogen) atoms. The minimum absolute atomic E-state index is 0.0676.